The SMILES string of the molecule is CCC(C)(C)C(=O)OCCNC(=O)CC1=Nc2ccccc2C1. The van der Waals surface area contributed by atoms with Crippen LogP contribution in [0, 0.1) is 5.41 Å². The zero-order valence-corrected chi connectivity index (χ0v) is 14.0. The number of amides is 1. The molecule has 0 radical (unpaired) electrons. The molecule has 1 aliphatic heterocycles. The molecule has 0 saturated heterocycles. The molecule has 1 amide bonds. The van der Waals surface area contributed by atoms with Crippen LogP contribution < -0.4 is 5.32 Å². The summed E-state index contributed by atoms with van der Waals surface area (Å²) in [6, 6.07) is 7.90. The largest absolute Gasteiger partial charge is 0.463 e. The highest BCUT2D eigenvalue weighted by Crippen LogP contribution is 2.26. The molecule has 1 N–H and O–H groups in total. The predicted molar refractivity (Wildman–Crippen MR) is 89.9 cm³/mol. The number of benzene rings is 1. The molecule has 0 saturated carbocycles. The first-order chi connectivity index (χ1) is 10.9. The summed E-state index contributed by atoms with van der Waals surface area (Å²) < 4.78 is 5.18. The highest BCUT2D eigenvalue weighted by molar-refractivity contribution is 6.05. The highest BCUT2D eigenvalue weighted by Gasteiger charge is 2.26. The molecular formula is C18H24N2O3. The Hall–Kier alpha value is -2.17. The van der Waals surface area contributed by atoms with Crippen molar-refractivity contribution in [3.63, 3.8) is 0 Å². The minimum absolute atomic E-state index is 0.0950. The summed E-state index contributed by atoms with van der Waals surface area (Å²) in [6.07, 6.45) is 1.73. The second-order valence-corrected chi connectivity index (χ2v) is 6.38. The van der Waals surface area contributed by atoms with E-state index in [9.17, 15) is 9.59 Å². The number of hydrogen-bond acceptors (Lipinski definition) is 4. The highest BCUT2D eigenvalue weighted by atomic mass is 16.5. The first-order valence-electron chi connectivity index (χ1n) is 8.00. The van der Waals surface area contributed by atoms with Gasteiger partial charge in [-0.2, -0.15) is 0 Å². The molecule has 1 aliphatic rings. The lowest BCUT2D eigenvalue weighted by Gasteiger charge is -2.20. The van der Waals surface area contributed by atoms with E-state index in [2.05, 4.69) is 10.3 Å². The van der Waals surface area contributed by atoms with Crippen LogP contribution in [-0.2, 0) is 20.7 Å². The van der Waals surface area contributed by atoms with Gasteiger partial charge in [-0.3, -0.25) is 14.6 Å². The maximum absolute atomic E-state index is 11.9. The average Bonchev–Trinajstić information content (AvgIpc) is 2.93. The van der Waals surface area contributed by atoms with Gasteiger partial charge in [0.2, 0.25) is 5.91 Å². The van der Waals surface area contributed by atoms with Crippen LogP contribution >= 0.6 is 0 Å². The van der Waals surface area contributed by atoms with Gasteiger partial charge in [-0.05, 0) is 31.9 Å². The van der Waals surface area contributed by atoms with Crippen LogP contribution in [0.1, 0.15) is 39.2 Å². The smallest absolute Gasteiger partial charge is 0.311 e. The zero-order chi connectivity index (χ0) is 16.9. The number of para-hydroxylation sites is 1. The average molecular weight is 316 g/mol. The Balaban J connectivity index is 1.68. The standard InChI is InChI=1S/C18H24N2O3/c1-4-18(2,3)17(22)23-10-9-19-16(21)12-14-11-13-7-5-6-8-15(13)20-14/h5-8H,4,9-12H2,1-3H3,(H,19,21). The monoisotopic (exact) mass is 316 g/mol. The van der Waals surface area contributed by atoms with Crippen molar-refractivity contribution in [2.75, 3.05) is 13.2 Å². The second kappa shape index (κ2) is 7.40. The Morgan fingerprint density at radius 3 is 2.74 bits per heavy atom. The molecule has 0 aromatic heterocycles. The topological polar surface area (TPSA) is 67.8 Å². The van der Waals surface area contributed by atoms with Gasteiger partial charge in [0, 0.05) is 12.1 Å². The number of ether oxygens (including phenoxy) is 1. The fraction of sp³-hybridized carbons (Fsp3) is 0.500. The van der Waals surface area contributed by atoms with Crippen LogP contribution in [0.4, 0.5) is 5.69 Å². The number of carbonyl (C=O) groups is 2. The van der Waals surface area contributed by atoms with Crippen LogP contribution in [0.15, 0.2) is 29.3 Å². The molecule has 23 heavy (non-hydrogen) atoms. The van der Waals surface area contributed by atoms with Gasteiger partial charge in [0.1, 0.15) is 6.61 Å². The summed E-state index contributed by atoms with van der Waals surface area (Å²) in [7, 11) is 0. The van der Waals surface area contributed by atoms with Gasteiger partial charge < -0.3 is 10.1 Å². The number of aliphatic imine (C=N–C) groups is 1. The quantitative estimate of drug-likeness (QED) is 0.621. The molecule has 0 bridgehead atoms. The molecule has 2 rings (SSSR count). The van der Waals surface area contributed by atoms with E-state index >= 15 is 0 Å². The molecule has 0 unspecified atom stereocenters. The maximum Gasteiger partial charge on any atom is 0.311 e. The lowest BCUT2D eigenvalue weighted by atomic mass is 9.91. The fourth-order valence-corrected chi connectivity index (χ4v) is 2.22. The van der Waals surface area contributed by atoms with Gasteiger partial charge in [0.05, 0.1) is 24.1 Å². The van der Waals surface area contributed by atoms with E-state index in [0.717, 1.165) is 29.8 Å². The molecule has 0 aliphatic carbocycles. The van der Waals surface area contributed by atoms with Crippen molar-refractivity contribution < 1.29 is 14.3 Å². The number of carbonyl (C=O) groups excluding carboxylic acids is 2. The van der Waals surface area contributed by atoms with Gasteiger partial charge >= 0.3 is 5.97 Å². The fourth-order valence-electron chi connectivity index (χ4n) is 2.22. The number of esters is 1. The molecule has 0 spiro atoms. The third-order valence-electron chi connectivity index (χ3n) is 4.12. The van der Waals surface area contributed by atoms with E-state index < -0.39 is 5.41 Å². The minimum Gasteiger partial charge on any atom is -0.463 e. The Morgan fingerprint density at radius 2 is 2.04 bits per heavy atom. The minimum atomic E-state index is -0.478. The van der Waals surface area contributed by atoms with Gasteiger partial charge in [0.25, 0.3) is 0 Å². The Bertz CT molecular complexity index is 620. The van der Waals surface area contributed by atoms with Crippen molar-refractivity contribution in [3.05, 3.63) is 29.8 Å². The lowest BCUT2D eigenvalue weighted by molar-refractivity contribution is -0.154. The Morgan fingerprint density at radius 1 is 1.30 bits per heavy atom. The molecular weight excluding hydrogens is 292 g/mol. The number of rotatable bonds is 7. The Labute approximate surface area is 137 Å². The van der Waals surface area contributed by atoms with Crippen molar-refractivity contribution >= 4 is 23.3 Å². The van der Waals surface area contributed by atoms with E-state index in [4.69, 9.17) is 4.74 Å². The number of nitrogens with one attached hydrogen (secondary N) is 1. The van der Waals surface area contributed by atoms with E-state index in [1.165, 1.54) is 0 Å². The van der Waals surface area contributed by atoms with Gasteiger partial charge in [0.15, 0.2) is 0 Å². The van der Waals surface area contributed by atoms with Crippen molar-refractivity contribution in [2.45, 2.75) is 40.0 Å². The van der Waals surface area contributed by atoms with Gasteiger partial charge in [-0.1, -0.05) is 25.1 Å². The molecule has 1 heterocycles. The van der Waals surface area contributed by atoms with Crippen molar-refractivity contribution in [2.24, 2.45) is 10.4 Å². The first-order valence-corrected chi connectivity index (χ1v) is 8.00. The van der Waals surface area contributed by atoms with Gasteiger partial charge in [-0.15, -0.1) is 0 Å². The summed E-state index contributed by atoms with van der Waals surface area (Å²) in [5.41, 5.74) is 2.50. The molecule has 5 heteroatoms. The number of hydrogen-bond donors (Lipinski definition) is 1. The van der Waals surface area contributed by atoms with Crippen LogP contribution in [0.25, 0.3) is 0 Å². The summed E-state index contributed by atoms with van der Waals surface area (Å²) in [5, 5.41) is 2.76. The summed E-state index contributed by atoms with van der Waals surface area (Å²) in [4.78, 5) is 28.2. The van der Waals surface area contributed by atoms with E-state index in [-0.39, 0.29) is 24.9 Å². The maximum atomic E-state index is 11.9. The van der Waals surface area contributed by atoms with Crippen LogP contribution in [0.2, 0.25) is 0 Å². The van der Waals surface area contributed by atoms with E-state index in [1.54, 1.807) is 0 Å². The van der Waals surface area contributed by atoms with Crippen LogP contribution in [0.5, 0.6) is 0 Å². The second-order valence-electron chi connectivity index (χ2n) is 6.38. The normalized spacial score (nSPS) is 13.3. The third kappa shape index (κ3) is 4.65. The van der Waals surface area contributed by atoms with Crippen molar-refractivity contribution in [1.29, 1.82) is 0 Å². The molecule has 1 aromatic carbocycles. The van der Waals surface area contributed by atoms with Crippen LogP contribution in [0.3, 0.4) is 0 Å². The zero-order valence-electron chi connectivity index (χ0n) is 14.0. The molecule has 1 aromatic rings. The molecule has 5 nitrogen and oxygen atoms in total. The van der Waals surface area contributed by atoms with Crippen LogP contribution in [-0.4, -0.2) is 30.7 Å². The molecule has 0 atom stereocenters. The Kier molecular flexibility index (Phi) is 5.53. The summed E-state index contributed by atoms with van der Waals surface area (Å²) in [6.45, 7) is 6.17. The third-order valence-corrected chi connectivity index (χ3v) is 4.12. The van der Waals surface area contributed by atoms with Gasteiger partial charge in [-0.25, -0.2) is 0 Å². The number of nitrogens with zero attached hydrogens (tertiary/aromatic N) is 1. The van der Waals surface area contributed by atoms with Crippen molar-refractivity contribution in [3.8, 4) is 0 Å². The van der Waals surface area contributed by atoms with E-state index in [1.807, 2.05) is 45.0 Å². The number of fused-ring (bicyclic) bond motifs is 1. The predicted octanol–water partition coefficient (Wildman–Crippen LogP) is 2.80. The summed E-state index contributed by atoms with van der Waals surface area (Å²) >= 11 is 0. The molecule has 124 valence electrons. The first kappa shape index (κ1) is 17.2. The lowest BCUT2D eigenvalue weighted by Crippen LogP contribution is -2.32. The molecule has 0 fully saturated rings. The summed E-state index contributed by atoms with van der Waals surface area (Å²) in [5.74, 6) is -0.327. The van der Waals surface area contributed by atoms with Crippen molar-refractivity contribution in [1.82, 2.24) is 5.32 Å². The van der Waals surface area contributed by atoms with E-state index in [0.29, 0.717) is 6.54 Å².